The number of halogens is 2. The number of rotatable bonds is 3. The highest BCUT2D eigenvalue weighted by atomic mass is 32.1. The number of anilines is 1. The summed E-state index contributed by atoms with van der Waals surface area (Å²) < 4.78 is 26.9. The second kappa shape index (κ2) is 5.29. The molecule has 21 heavy (non-hydrogen) atoms. The average molecular weight is 310 g/mol. The van der Waals surface area contributed by atoms with Crippen LogP contribution in [0.5, 0.6) is 0 Å². The number of aryl methyl sites for hydroxylation is 1. The van der Waals surface area contributed by atoms with Crippen LogP contribution in [0.1, 0.15) is 42.2 Å². The molecule has 1 aliphatic heterocycles. The molecule has 2 aromatic rings. The van der Waals surface area contributed by atoms with Gasteiger partial charge >= 0.3 is 0 Å². The lowest BCUT2D eigenvalue weighted by Crippen LogP contribution is -2.26. The fourth-order valence-electron chi connectivity index (χ4n) is 2.58. The van der Waals surface area contributed by atoms with Gasteiger partial charge in [0.05, 0.1) is 16.7 Å². The molecule has 3 rings (SSSR count). The van der Waals surface area contributed by atoms with Crippen LogP contribution in [0.15, 0.2) is 17.6 Å². The van der Waals surface area contributed by atoms with E-state index >= 15 is 0 Å². The molecule has 4 nitrogen and oxygen atoms in total. The molecular formula is C14H16F2N4S. The fourth-order valence-corrected chi connectivity index (χ4v) is 3.24. The van der Waals surface area contributed by atoms with Crippen LogP contribution in [0.3, 0.4) is 0 Å². The van der Waals surface area contributed by atoms with Crippen LogP contribution in [-0.4, -0.2) is 21.5 Å². The van der Waals surface area contributed by atoms with Gasteiger partial charge in [0.2, 0.25) is 5.95 Å². The van der Waals surface area contributed by atoms with E-state index in [-0.39, 0.29) is 11.7 Å². The molecule has 0 N–H and O–H groups in total. The lowest BCUT2D eigenvalue weighted by Gasteiger charge is -2.24. The minimum absolute atomic E-state index is 0.0793. The summed E-state index contributed by atoms with van der Waals surface area (Å²) in [5, 5.41) is 3.03. The zero-order valence-electron chi connectivity index (χ0n) is 11.9. The van der Waals surface area contributed by atoms with Crippen LogP contribution in [0.2, 0.25) is 0 Å². The molecule has 1 aliphatic rings. The number of alkyl halides is 2. The zero-order valence-corrected chi connectivity index (χ0v) is 12.7. The third-order valence-electron chi connectivity index (χ3n) is 3.58. The van der Waals surface area contributed by atoms with E-state index < -0.39 is 5.92 Å². The van der Waals surface area contributed by atoms with E-state index in [9.17, 15) is 8.78 Å². The number of nitrogens with zero attached hydrogens (tertiary/aromatic N) is 4. The molecular weight excluding hydrogens is 294 g/mol. The molecule has 0 aromatic carbocycles. The van der Waals surface area contributed by atoms with Gasteiger partial charge in [0.25, 0.3) is 5.92 Å². The molecule has 0 aliphatic carbocycles. The Hall–Kier alpha value is -1.63. The van der Waals surface area contributed by atoms with E-state index in [2.05, 4.69) is 15.0 Å². The Labute approximate surface area is 125 Å². The molecule has 1 saturated heterocycles. The number of thiazole rings is 1. The van der Waals surface area contributed by atoms with Gasteiger partial charge in [-0.3, -0.25) is 0 Å². The van der Waals surface area contributed by atoms with Gasteiger partial charge in [-0.2, -0.15) is 8.78 Å². The molecule has 1 atom stereocenters. The number of aromatic nitrogens is 3. The van der Waals surface area contributed by atoms with Gasteiger partial charge in [-0.05, 0) is 25.8 Å². The van der Waals surface area contributed by atoms with E-state index in [0.29, 0.717) is 5.95 Å². The minimum Gasteiger partial charge on any atom is -0.332 e. The third kappa shape index (κ3) is 2.88. The number of hydrogen-bond donors (Lipinski definition) is 0. The summed E-state index contributed by atoms with van der Waals surface area (Å²) >= 11 is 1.60. The summed E-state index contributed by atoms with van der Waals surface area (Å²) in [4.78, 5) is 14.7. The standard InChI is InChI=1S/C14H16F2N4S/c1-9-18-10(8-21-9)11-4-3-7-20(11)13-17-6-5-12(19-13)14(2,15)16/h5-6,8,11H,3-4,7H2,1-2H3/t11-/m0/s1. The summed E-state index contributed by atoms with van der Waals surface area (Å²) in [6, 6.07) is 1.34. The zero-order chi connectivity index (χ0) is 15.0. The Morgan fingerprint density at radius 1 is 1.38 bits per heavy atom. The van der Waals surface area contributed by atoms with Crippen molar-refractivity contribution in [3.8, 4) is 0 Å². The predicted molar refractivity (Wildman–Crippen MR) is 77.8 cm³/mol. The Morgan fingerprint density at radius 2 is 2.19 bits per heavy atom. The van der Waals surface area contributed by atoms with Gasteiger partial charge in [0.1, 0.15) is 5.69 Å². The highest BCUT2D eigenvalue weighted by Gasteiger charge is 2.32. The monoisotopic (exact) mass is 310 g/mol. The molecule has 0 bridgehead atoms. The largest absolute Gasteiger partial charge is 0.332 e. The van der Waals surface area contributed by atoms with Crippen molar-refractivity contribution in [1.82, 2.24) is 15.0 Å². The van der Waals surface area contributed by atoms with Crippen LogP contribution < -0.4 is 4.90 Å². The van der Waals surface area contributed by atoms with E-state index in [1.165, 1.54) is 12.3 Å². The van der Waals surface area contributed by atoms with E-state index in [4.69, 9.17) is 0 Å². The van der Waals surface area contributed by atoms with Crippen molar-refractivity contribution in [1.29, 1.82) is 0 Å². The molecule has 2 aromatic heterocycles. The van der Waals surface area contributed by atoms with Gasteiger partial charge in [-0.15, -0.1) is 11.3 Å². The molecule has 112 valence electrons. The van der Waals surface area contributed by atoms with E-state index in [1.54, 1.807) is 11.3 Å². The first-order valence-corrected chi connectivity index (χ1v) is 7.73. The maximum atomic E-state index is 13.4. The average Bonchev–Trinajstić information content (AvgIpc) is 3.06. The number of hydrogen-bond acceptors (Lipinski definition) is 5. The topological polar surface area (TPSA) is 41.9 Å². The minimum atomic E-state index is -2.95. The third-order valence-corrected chi connectivity index (χ3v) is 4.37. The lowest BCUT2D eigenvalue weighted by atomic mass is 10.2. The highest BCUT2D eigenvalue weighted by molar-refractivity contribution is 7.09. The van der Waals surface area contributed by atoms with Gasteiger partial charge in [-0.25, -0.2) is 15.0 Å². The maximum Gasteiger partial charge on any atom is 0.287 e. The smallest absolute Gasteiger partial charge is 0.287 e. The lowest BCUT2D eigenvalue weighted by molar-refractivity contribution is 0.0127. The van der Waals surface area contributed by atoms with Gasteiger partial charge in [0, 0.05) is 25.0 Å². The second-order valence-electron chi connectivity index (χ2n) is 5.27. The summed E-state index contributed by atoms with van der Waals surface area (Å²) in [5.74, 6) is -2.59. The summed E-state index contributed by atoms with van der Waals surface area (Å²) in [7, 11) is 0. The molecule has 7 heteroatoms. The van der Waals surface area contributed by atoms with Crippen molar-refractivity contribution in [3.63, 3.8) is 0 Å². The Kier molecular flexibility index (Phi) is 3.61. The van der Waals surface area contributed by atoms with Crippen LogP contribution in [-0.2, 0) is 5.92 Å². The summed E-state index contributed by atoms with van der Waals surface area (Å²) in [5.41, 5.74) is 0.736. The first-order valence-electron chi connectivity index (χ1n) is 6.85. The van der Waals surface area contributed by atoms with Crippen LogP contribution >= 0.6 is 11.3 Å². The van der Waals surface area contributed by atoms with Crippen molar-refractivity contribution in [2.24, 2.45) is 0 Å². The first-order chi connectivity index (χ1) is 9.95. The van der Waals surface area contributed by atoms with Crippen molar-refractivity contribution < 1.29 is 8.78 Å². The molecule has 0 saturated carbocycles. The normalized spacial score (nSPS) is 19.2. The molecule has 0 spiro atoms. The maximum absolute atomic E-state index is 13.4. The quantitative estimate of drug-likeness (QED) is 0.867. The van der Waals surface area contributed by atoms with Crippen molar-refractivity contribution in [2.45, 2.75) is 38.7 Å². The van der Waals surface area contributed by atoms with Crippen molar-refractivity contribution in [3.05, 3.63) is 34.0 Å². The molecule has 3 heterocycles. The van der Waals surface area contributed by atoms with Gasteiger partial charge < -0.3 is 4.90 Å². The van der Waals surface area contributed by atoms with E-state index in [1.807, 2.05) is 17.2 Å². The van der Waals surface area contributed by atoms with Crippen molar-refractivity contribution >= 4 is 17.3 Å². The molecule has 0 amide bonds. The van der Waals surface area contributed by atoms with Crippen LogP contribution in [0.4, 0.5) is 14.7 Å². The Balaban J connectivity index is 1.92. The van der Waals surface area contributed by atoms with E-state index in [0.717, 1.165) is 37.0 Å². The SMILES string of the molecule is Cc1nc([C@@H]2CCCN2c2nccc(C(C)(F)F)n2)cs1. The first kappa shape index (κ1) is 14.3. The van der Waals surface area contributed by atoms with Crippen LogP contribution in [0, 0.1) is 6.92 Å². The molecule has 0 unspecified atom stereocenters. The Morgan fingerprint density at radius 3 is 2.86 bits per heavy atom. The fraction of sp³-hybridized carbons (Fsp3) is 0.500. The molecule has 0 radical (unpaired) electrons. The van der Waals surface area contributed by atoms with Crippen LogP contribution in [0.25, 0.3) is 0 Å². The Bertz CT molecular complexity index is 638. The predicted octanol–water partition coefficient (Wildman–Crippen LogP) is 3.69. The van der Waals surface area contributed by atoms with Crippen molar-refractivity contribution in [2.75, 3.05) is 11.4 Å². The molecule has 1 fully saturated rings. The summed E-state index contributed by atoms with van der Waals surface area (Å²) in [6.45, 7) is 3.58. The summed E-state index contributed by atoms with van der Waals surface area (Å²) in [6.07, 6.45) is 3.33. The second-order valence-corrected chi connectivity index (χ2v) is 6.34. The highest BCUT2D eigenvalue weighted by Crippen LogP contribution is 2.35. The van der Waals surface area contributed by atoms with Gasteiger partial charge in [0.15, 0.2) is 0 Å². The van der Waals surface area contributed by atoms with Gasteiger partial charge in [-0.1, -0.05) is 0 Å².